The van der Waals surface area contributed by atoms with Crippen LogP contribution in [0.2, 0.25) is 0 Å². The monoisotopic (exact) mass is 211 g/mol. The van der Waals surface area contributed by atoms with E-state index in [-0.39, 0.29) is 0 Å². The number of hydrogen-bond donors (Lipinski definition) is 1. The summed E-state index contributed by atoms with van der Waals surface area (Å²) < 4.78 is 5.68. The Morgan fingerprint density at radius 3 is 2.67 bits per heavy atom. The molecule has 1 heterocycles. The van der Waals surface area contributed by atoms with E-state index in [1.807, 2.05) is 0 Å². The van der Waals surface area contributed by atoms with Crippen LogP contribution in [0, 0.1) is 0 Å². The largest absolute Gasteiger partial charge is 0.378 e. The third-order valence-electron chi connectivity index (χ3n) is 4.18. The molecule has 2 rings (SSSR count). The first-order valence-corrected chi connectivity index (χ1v) is 6.63. The highest BCUT2D eigenvalue weighted by Crippen LogP contribution is 2.35. The maximum atomic E-state index is 5.68. The molecule has 2 nitrogen and oxygen atoms in total. The average Bonchev–Trinajstić information content (AvgIpc) is 2.64. The lowest BCUT2D eigenvalue weighted by Crippen LogP contribution is -2.54. The van der Waals surface area contributed by atoms with Gasteiger partial charge in [0.1, 0.15) is 0 Å². The minimum Gasteiger partial charge on any atom is -0.378 e. The molecule has 1 N–H and O–H groups in total. The van der Waals surface area contributed by atoms with E-state index in [2.05, 4.69) is 19.2 Å². The number of ether oxygens (including phenoxy) is 1. The summed E-state index contributed by atoms with van der Waals surface area (Å²) in [7, 11) is 0. The summed E-state index contributed by atoms with van der Waals surface area (Å²) in [5, 5.41) is 3.83. The minimum atomic E-state index is 0.484. The third-order valence-corrected chi connectivity index (χ3v) is 4.18. The van der Waals surface area contributed by atoms with Crippen LogP contribution < -0.4 is 5.32 Å². The average molecular weight is 211 g/mol. The van der Waals surface area contributed by atoms with Crippen molar-refractivity contribution in [3.8, 4) is 0 Å². The molecule has 1 saturated heterocycles. The van der Waals surface area contributed by atoms with Crippen molar-refractivity contribution in [1.82, 2.24) is 5.32 Å². The zero-order valence-corrected chi connectivity index (χ0v) is 10.2. The van der Waals surface area contributed by atoms with E-state index < -0.39 is 0 Å². The summed E-state index contributed by atoms with van der Waals surface area (Å²) in [6.45, 7) is 5.61. The lowest BCUT2D eigenvalue weighted by Gasteiger charge is -2.44. The van der Waals surface area contributed by atoms with E-state index in [1.165, 1.54) is 44.9 Å². The fraction of sp³-hybridized carbons (Fsp3) is 1.00. The van der Waals surface area contributed by atoms with Gasteiger partial charge in [0.2, 0.25) is 0 Å². The SMILES string of the molecule is CCC1(NC(C)CC2CCCO2)CCC1. The van der Waals surface area contributed by atoms with Gasteiger partial charge in [-0.1, -0.05) is 6.92 Å². The van der Waals surface area contributed by atoms with Crippen LogP contribution in [0.4, 0.5) is 0 Å². The van der Waals surface area contributed by atoms with Crippen LogP contribution in [0.25, 0.3) is 0 Å². The first-order chi connectivity index (χ1) is 7.24. The first-order valence-electron chi connectivity index (χ1n) is 6.63. The quantitative estimate of drug-likeness (QED) is 0.755. The van der Waals surface area contributed by atoms with E-state index in [0.717, 1.165) is 6.61 Å². The lowest BCUT2D eigenvalue weighted by molar-refractivity contribution is 0.0823. The molecule has 1 saturated carbocycles. The highest BCUT2D eigenvalue weighted by Gasteiger charge is 2.36. The van der Waals surface area contributed by atoms with E-state index in [9.17, 15) is 0 Å². The molecule has 1 aliphatic carbocycles. The standard InChI is InChI=1S/C13H25NO/c1-3-13(7-5-8-13)14-11(2)10-12-6-4-9-15-12/h11-12,14H,3-10H2,1-2H3. The van der Waals surface area contributed by atoms with Gasteiger partial charge in [0, 0.05) is 18.2 Å². The molecule has 0 spiro atoms. The second-order valence-electron chi connectivity index (χ2n) is 5.40. The molecular formula is C13H25NO. The van der Waals surface area contributed by atoms with E-state index >= 15 is 0 Å². The Kier molecular flexibility index (Phi) is 3.68. The highest BCUT2D eigenvalue weighted by atomic mass is 16.5. The molecule has 0 aromatic carbocycles. The van der Waals surface area contributed by atoms with E-state index in [1.54, 1.807) is 0 Å². The number of rotatable bonds is 5. The minimum absolute atomic E-state index is 0.484. The van der Waals surface area contributed by atoms with Gasteiger partial charge in [-0.05, 0) is 51.9 Å². The molecule has 2 aliphatic rings. The lowest BCUT2D eigenvalue weighted by atomic mass is 9.74. The van der Waals surface area contributed by atoms with Gasteiger partial charge in [0.15, 0.2) is 0 Å². The maximum Gasteiger partial charge on any atom is 0.0590 e. The van der Waals surface area contributed by atoms with Crippen LogP contribution in [0.15, 0.2) is 0 Å². The predicted octanol–water partition coefficient (Wildman–Crippen LogP) is 2.87. The van der Waals surface area contributed by atoms with Gasteiger partial charge in [-0.15, -0.1) is 0 Å². The Morgan fingerprint density at radius 2 is 2.20 bits per heavy atom. The maximum absolute atomic E-state index is 5.68. The Balaban J connectivity index is 1.73. The van der Waals surface area contributed by atoms with Crippen LogP contribution in [-0.2, 0) is 4.74 Å². The second-order valence-corrected chi connectivity index (χ2v) is 5.40. The van der Waals surface area contributed by atoms with Crippen molar-refractivity contribution in [1.29, 1.82) is 0 Å². The summed E-state index contributed by atoms with van der Waals surface area (Å²) in [4.78, 5) is 0. The van der Waals surface area contributed by atoms with Crippen LogP contribution in [0.1, 0.15) is 58.8 Å². The third kappa shape index (κ3) is 2.73. The molecule has 2 atom stereocenters. The zero-order valence-electron chi connectivity index (χ0n) is 10.2. The van der Waals surface area contributed by atoms with Crippen molar-refractivity contribution in [2.75, 3.05) is 6.61 Å². The summed E-state index contributed by atoms with van der Waals surface area (Å²) in [6.07, 6.45) is 9.69. The van der Waals surface area contributed by atoms with E-state index in [0.29, 0.717) is 17.7 Å². The van der Waals surface area contributed by atoms with Crippen LogP contribution >= 0.6 is 0 Å². The highest BCUT2D eigenvalue weighted by molar-refractivity contribution is 4.96. The Bertz CT molecular complexity index is 189. The van der Waals surface area contributed by atoms with Gasteiger partial charge in [0.05, 0.1) is 6.10 Å². The first kappa shape index (κ1) is 11.4. The zero-order chi connectivity index (χ0) is 10.7. The van der Waals surface area contributed by atoms with Crippen molar-refractivity contribution < 1.29 is 4.74 Å². The molecule has 0 amide bonds. The van der Waals surface area contributed by atoms with Gasteiger partial charge >= 0.3 is 0 Å². The van der Waals surface area contributed by atoms with Gasteiger partial charge in [-0.25, -0.2) is 0 Å². The van der Waals surface area contributed by atoms with E-state index in [4.69, 9.17) is 4.74 Å². The van der Waals surface area contributed by atoms with Gasteiger partial charge in [0.25, 0.3) is 0 Å². The molecule has 0 aromatic heterocycles. The smallest absolute Gasteiger partial charge is 0.0590 e. The molecule has 0 bridgehead atoms. The molecule has 2 unspecified atom stereocenters. The topological polar surface area (TPSA) is 21.3 Å². The van der Waals surface area contributed by atoms with Crippen molar-refractivity contribution in [2.45, 2.75) is 76.5 Å². The Labute approximate surface area is 93.8 Å². The summed E-state index contributed by atoms with van der Waals surface area (Å²) in [5.74, 6) is 0. The molecule has 0 aromatic rings. The predicted molar refractivity (Wildman–Crippen MR) is 63.1 cm³/mol. The van der Waals surface area contributed by atoms with Gasteiger partial charge in [-0.3, -0.25) is 0 Å². The van der Waals surface area contributed by atoms with Crippen LogP contribution in [0.3, 0.4) is 0 Å². The normalized spacial score (nSPS) is 31.2. The molecule has 0 radical (unpaired) electrons. The molecule has 15 heavy (non-hydrogen) atoms. The molecule has 2 heteroatoms. The van der Waals surface area contributed by atoms with Crippen LogP contribution in [0.5, 0.6) is 0 Å². The Hall–Kier alpha value is -0.0800. The van der Waals surface area contributed by atoms with Gasteiger partial charge < -0.3 is 10.1 Å². The fourth-order valence-corrected chi connectivity index (χ4v) is 3.01. The number of hydrogen-bond acceptors (Lipinski definition) is 2. The van der Waals surface area contributed by atoms with Crippen LogP contribution in [-0.4, -0.2) is 24.3 Å². The molecule has 1 aliphatic heterocycles. The fourth-order valence-electron chi connectivity index (χ4n) is 3.01. The van der Waals surface area contributed by atoms with Crippen molar-refractivity contribution >= 4 is 0 Å². The van der Waals surface area contributed by atoms with Gasteiger partial charge in [-0.2, -0.15) is 0 Å². The second kappa shape index (κ2) is 4.84. The molecule has 88 valence electrons. The molecule has 2 fully saturated rings. The van der Waals surface area contributed by atoms with Crippen molar-refractivity contribution in [3.63, 3.8) is 0 Å². The number of nitrogens with one attached hydrogen (secondary N) is 1. The Morgan fingerprint density at radius 1 is 1.40 bits per heavy atom. The summed E-state index contributed by atoms with van der Waals surface area (Å²) >= 11 is 0. The van der Waals surface area contributed by atoms with Crippen molar-refractivity contribution in [3.05, 3.63) is 0 Å². The van der Waals surface area contributed by atoms with Crippen molar-refractivity contribution in [2.24, 2.45) is 0 Å². The summed E-state index contributed by atoms with van der Waals surface area (Å²) in [6, 6.07) is 0.619. The molecular weight excluding hydrogens is 186 g/mol. The summed E-state index contributed by atoms with van der Waals surface area (Å²) in [5.41, 5.74) is 0.484.